The van der Waals surface area contributed by atoms with Crippen molar-refractivity contribution in [3.8, 4) is 0 Å². The molecule has 0 N–H and O–H groups in total. The van der Waals surface area contributed by atoms with E-state index in [1.165, 1.54) is 64.2 Å². The highest BCUT2D eigenvalue weighted by Crippen LogP contribution is 2.37. The second kappa shape index (κ2) is 14.2. The van der Waals surface area contributed by atoms with Crippen molar-refractivity contribution >= 4 is 0 Å². The summed E-state index contributed by atoms with van der Waals surface area (Å²) in [6.07, 6.45) is 13.3. The lowest BCUT2D eigenvalue weighted by Gasteiger charge is -2.34. The minimum absolute atomic E-state index is 0.419. The van der Waals surface area contributed by atoms with Crippen molar-refractivity contribution < 1.29 is 4.74 Å². The fourth-order valence-electron chi connectivity index (χ4n) is 4.07. The van der Waals surface area contributed by atoms with Crippen LogP contribution in [0.2, 0.25) is 0 Å². The van der Waals surface area contributed by atoms with Gasteiger partial charge in [0.05, 0.1) is 0 Å². The molecule has 24 heavy (non-hydrogen) atoms. The van der Waals surface area contributed by atoms with Crippen molar-refractivity contribution in [2.45, 2.75) is 113 Å². The second-order valence-electron chi connectivity index (χ2n) is 8.85. The van der Waals surface area contributed by atoms with E-state index in [2.05, 4.69) is 48.5 Å². The van der Waals surface area contributed by atoms with Gasteiger partial charge in [0.2, 0.25) is 0 Å². The van der Waals surface area contributed by atoms with Crippen molar-refractivity contribution in [3.63, 3.8) is 0 Å². The Labute approximate surface area is 154 Å². The summed E-state index contributed by atoms with van der Waals surface area (Å²) < 4.78 is 6.09. The third-order valence-electron chi connectivity index (χ3n) is 5.95. The van der Waals surface area contributed by atoms with Crippen LogP contribution in [0.5, 0.6) is 0 Å². The third-order valence-corrected chi connectivity index (χ3v) is 5.95. The van der Waals surface area contributed by atoms with Crippen molar-refractivity contribution in [3.05, 3.63) is 0 Å². The van der Waals surface area contributed by atoms with Crippen LogP contribution in [0.1, 0.15) is 113 Å². The number of rotatable bonds is 16. The standard InChI is InChI=1S/C23H48O/c1-8-12-15-21(11-4)18-20(5)19-24-17-16-23(6,7)22(13-9-2)14-10-3/h20-22H,8-19H2,1-7H3. The first-order valence-corrected chi connectivity index (χ1v) is 11.0. The van der Waals surface area contributed by atoms with Gasteiger partial charge in [0, 0.05) is 13.2 Å². The third kappa shape index (κ3) is 10.7. The van der Waals surface area contributed by atoms with Gasteiger partial charge in [-0.05, 0) is 36.0 Å². The second-order valence-corrected chi connectivity index (χ2v) is 8.85. The molecule has 1 heteroatoms. The predicted molar refractivity (Wildman–Crippen MR) is 110 cm³/mol. The lowest BCUT2D eigenvalue weighted by molar-refractivity contribution is 0.0539. The van der Waals surface area contributed by atoms with Crippen molar-refractivity contribution in [1.29, 1.82) is 0 Å². The van der Waals surface area contributed by atoms with E-state index in [1.54, 1.807) is 0 Å². The Hall–Kier alpha value is -0.0400. The van der Waals surface area contributed by atoms with E-state index in [1.807, 2.05) is 0 Å². The van der Waals surface area contributed by atoms with Gasteiger partial charge in [0.1, 0.15) is 0 Å². The molecule has 0 bridgehead atoms. The summed E-state index contributed by atoms with van der Waals surface area (Å²) >= 11 is 0. The van der Waals surface area contributed by atoms with Crippen LogP contribution >= 0.6 is 0 Å². The van der Waals surface area contributed by atoms with Crippen LogP contribution < -0.4 is 0 Å². The zero-order valence-corrected chi connectivity index (χ0v) is 18.1. The van der Waals surface area contributed by atoms with Gasteiger partial charge < -0.3 is 4.74 Å². The highest BCUT2D eigenvalue weighted by Gasteiger charge is 2.27. The first kappa shape index (κ1) is 24.0. The quantitative estimate of drug-likeness (QED) is 0.260. The molecule has 146 valence electrons. The first-order valence-electron chi connectivity index (χ1n) is 11.0. The molecule has 0 aromatic rings. The molecular weight excluding hydrogens is 292 g/mol. The molecule has 0 heterocycles. The van der Waals surface area contributed by atoms with E-state index < -0.39 is 0 Å². The average Bonchev–Trinajstić information content (AvgIpc) is 2.55. The summed E-state index contributed by atoms with van der Waals surface area (Å²) in [5.41, 5.74) is 0.419. The Morgan fingerprint density at radius 2 is 1.50 bits per heavy atom. The highest BCUT2D eigenvalue weighted by atomic mass is 16.5. The topological polar surface area (TPSA) is 9.23 Å². The van der Waals surface area contributed by atoms with E-state index in [4.69, 9.17) is 4.74 Å². The molecule has 0 spiro atoms. The Morgan fingerprint density at radius 1 is 0.875 bits per heavy atom. The van der Waals surface area contributed by atoms with E-state index in [9.17, 15) is 0 Å². The van der Waals surface area contributed by atoms with E-state index in [-0.39, 0.29) is 0 Å². The Morgan fingerprint density at radius 3 is 2.00 bits per heavy atom. The van der Waals surface area contributed by atoms with E-state index >= 15 is 0 Å². The van der Waals surface area contributed by atoms with Crippen LogP contribution in [0.3, 0.4) is 0 Å². The lowest BCUT2D eigenvalue weighted by Crippen LogP contribution is -2.26. The van der Waals surface area contributed by atoms with Crippen molar-refractivity contribution in [2.75, 3.05) is 13.2 Å². The zero-order chi connectivity index (χ0) is 18.4. The smallest absolute Gasteiger partial charge is 0.0491 e. The molecule has 2 atom stereocenters. The molecule has 1 nitrogen and oxygen atoms in total. The van der Waals surface area contributed by atoms with Crippen LogP contribution in [0.4, 0.5) is 0 Å². The molecule has 0 rings (SSSR count). The fourth-order valence-corrected chi connectivity index (χ4v) is 4.07. The summed E-state index contributed by atoms with van der Waals surface area (Å²) in [6.45, 7) is 18.4. The Kier molecular flexibility index (Phi) is 14.1. The molecule has 0 amide bonds. The van der Waals surface area contributed by atoms with Crippen LogP contribution in [0.15, 0.2) is 0 Å². The van der Waals surface area contributed by atoms with Crippen LogP contribution in [0, 0.1) is 23.2 Å². The van der Waals surface area contributed by atoms with Gasteiger partial charge >= 0.3 is 0 Å². The summed E-state index contributed by atoms with van der Waals surface area (Å²) in [5, 5.41) is 0. The zero-order valence-electron chi connectivity index (χ0n) is 18.1. The maximum Gasteiger partial charge on any atom is 0.0491 e. The maximum atomic E-state index is 6.09. The average molecular weight is 341 g/mol. The van der Waals surface area contributed by atoms with Gasteiger partial charge in [-0.15, -0.1) is 0 Å². The number of unbranched alkanes of at least 4 members (excludes halogenated alkanes) is 1. The molecule has 0 fully saturated rings. The number of ether oxygens (including phenoxy) is 1. The number of hydrogen-bond acceptors (Lipinski definition) is 1. The molecule has 2 unspecified atom stereocenters. The van der Waals surface area contributed by atoms with Crippen LogP contribution in [-0.2, 0) is 4.74 Å². The van der Waals surface area contributed by atoms with Gasteiger partial charge in [-0.25, -0.2) is 0 Å². The lowest BCUT2D eigenvalue weighted by atomic mass is 9.72. The van der Waals surface area contributed by atoms with Crippen molar-refractivity contribution in [2.24, 2.45) is 23.2 Å². The summed E-state index contributed by atoms with van der Waals surface area (Å²) in [5.74, 6) is 2.46. The van der Waals surface area contributed by atoms with Crippen LogP contribution in [-0.4, -0.2) is 13.2 Å². The molecule has 0 aromatic heterocycles. The Bertz CT molecular complexity index is 265. The van der Waals surface area contributed by atoms with E-state index in [0.29, 0.717) is 11.3 Å². The van der Waals surface area contributed by atoms with Gasteiger partial charge in [-0.3, -0.25) is 0 Å². The molecule has 0 aromatic carbocycles. The largest absolute Gasteiger partial charge is 0.381 e. The molecule has 0 radical (unpaired) electrons. The maximum absolute atomic E-state index is 6.09. The number of hydrogen-bond donors (Lipinski definition) is 0. The van der Waals surface area contributed by atoms with E-state index in [0.717, 1.165) is 25.0 Å². The SMILES string of the molecule is CCCCC(CC)CC(C)COCCC(C)(C)C(CCC)CCC. The van der Waals surface area contributed by atoms with Gasteiger partial charge in [0.25, 0.3) is 0 Å². The molecule has 0 aliphatic heterocycles. The summed E-state index contributed by atoms with van der Waals surface area (Å²) in [4.78, 5) is 0. The fraction of sp³-hybridized carbons (Fsp3) is 1.00. The van der Waals surface area contributed by atoms with Gasteiger partial charge in [-0.2, -0.15) is 0 Å². The van der Waals surface area contributed by atoms with Crippen molar-refractivity contribution in [1.82, 2.24) is 0 Å². The molecule has 0 saturated heterocycles. The molecule has 0 saturated carbocycles. The summed E-state index contributed by atoms with van der Waals surface area (Å²) in [6, 6.07) is 0. The molecule has 0 aliphatic carbocycles. The monoisotopic (exact) mass is 340 g/mol. The minimum Gasteiger partial charge on any atom is -0.381 e. The van der Waals surface area contributed by atoms with Gasteiger partial charge in [-0.1, -0.05) is 99.8 Å². The molecular formula is C23H48O. The highest BCUT2D eigenvalue weighted by molar-refractivity contribution is 4.78. The minimum atomic E-state index is 0.419. The van der Waals surface area contributed by atoms with Gasteiger partial charge in [0.15, 0.2) is 0 Å². The normalized spacial score (nSPS) is 15.0. The van der Waals surface area contributed by atoms with Crippen LogP contribution in [0.25, 0.3) is 0 Å². The summed E-state index contributed by atoms with van der Waals surface area (Å²) in [7, 11) is 0. The molecule has 0 aliphatic rings. The Balaban J connectivity index is 4.07. The first-order chi connectivity index (χ1) is 11.4. The predicted octanol–water partition coefficient (Wildman–Crippen LogP) is 7.88.